The number of likely N-dealkylation sites (tertiary alicyclic amines) is 1. The van der Waals surface area contributed by atoms with Crippen molar-refractivity contribution in [1.29, 1.82) is 0 Å². The summed E-state index contributed by atoms with van der Waals surface area (Å²) in [5, 5.41) is 3.85. The molecule has 168 valence electrons. The van der Waals surface area contributed by atoms with E-state index in [2.05, 4.69) is 24.1 Å². The predicted octanol–water partition coefficient (Wildman–Crippen LogP) is 4.08. The zero-order chi connectivity index (χ0) is 20.5. The zero-order valence-electron chi connectivity index (χ0n) is 18.9. The molecule has 29 heavy (non-hydrogen) atoms. The van der Waals surface area contributed by atoms with Crippen molar-refractivity contribution in [2.75, 3.05) is 13.7 Å². The number of ether oxygens (including phenoxy) is 1. The molecule has 2 saturated carbocycles. The molecule has 0 amide bonds. The van der Waals surface area contributed by atoms with Gasteiger partial charge in [-0.05, 0) is 94.9 Å². The summed E-state index contributed by atoms with van der Waals surface area (Å²) in [5.41, 5.74) is 6.98. The lowest BCUT2D eigenvalue weighted by Gasteiger charge is -2.45. The molecule has 4 rings (SSSR count). The molecule has 0 aromatic carbocycles. The van der Waals surface area contributed by atoms with E-state index in [4.69, 9.17) is 10.5 Å². The Morgan fingerprint density at radius 1 is 1.03 bits per heavy atom. The molecule has 2 heterocycles. The summed E-state index contributed by atoms with van der Waals surface area (Å²) in [5.74, 6) is 2.06. The van der Waals surface area contributed by atoms with Crippen LogP contribution in [0.3, 0.4) is 0 Å². The van der Waals surface area contributed by atoms with Gasteiger partial charge < -0.3 is 15.8 Å². The van der Waals surface area contributed by atoms with Crippen LogP contribution in [0.4, 0.5) is 4.39 Å². The van der Waals surface area contributed by atoms with Crippen LogP contribution in [-0.2, 0) is 4.74 Å². The quantitative estimate of drug-likeness (QED) is 0.718. The third kappa shape index (κ3) is 4.53. The number of hydrogen-bond donors (Lipinski definition) is 2. The van der Waals surface area contributed by atoms with E-state index >= 15 is 0 Å². The fourth-order valence-electron chi connectivity index (χ4n) is 7.36. The number of halogens is 1. The van der Waals surface area contributed by atoms with E-state index in [9.17, 15) is 4.39 Å². The Hall–Kier alpha value is -0.230. The maximum absolute atomic E-state index is 14.1. The predicted molar refractivity (Wildman–Crippen MR) is 116 cm³/mol. The Morgan fingerprint density at radius 2 is 1.86 bits per heavy atom. The Balaban J connectivity index is 1.46. The largest absolute Gasteiger partial charge is 0.381 e. The first-order chi connectivity index (χ1) is 14.0. The highest BCUT2D eigenvalue weighted by Gasteiger charge is 2.47. The van der Waals surface area contributed by atoms with E-state index in [0.717, 1.165) is 32.2 Å². The van der Waals surface area contributed by atoms with Gasteiger partial charge in [-0.15, -0.1) is 0 Å². The second-order valence-electron chi connectivity index (χ2n) is 10.7. The first-order valence-corrected chi connectivity index (χ1v) is 12.4. The van der Waals surface area contributed by atoms with Crippen LogP contribution in [0.5, 0.6) is 0 Å². The summed E-state index contributed by atoms with van der Waals surface area (Å²) < 4.78 is 19.8. The van der Waals surface area contributed by atoms with Crippen molar-refractivity contribution in [3.63, 3.8) is 0 Å². The highest BCUT2D eigenvalue weighted by Crippen LogP contribution is 2.43. The Kier molecular flexibility index (Phi) is 7.20. The molecule has 0 aromatic rings. The molecular weight excluding hydrogens is 365 g/mol. The molecule has 0 spiro atoms. The Labute approximate surface area is 177 Å². The molecule has 4 aliphatic rings. The van der Waals surface area contributed by atoms with Crippen molar-refractivity contribution in [3.8, 4) is 0 Å². The summed E-state index contributed by atoms with van der Waals surface area (Å²) in [6, 6.07) is 1.70. The minimum absolute atomic E-state index is 0.150. The number of nitrogens with zero attached hydrogens (tertiary/aromatic N) is 1. The molecule has 10 unspecified atom stereocenters. The van der Waals surface area contributed by atoms with Gasteiger partial charge in [-0.25, -0.2) is 4.39 Å². The van der Waals surface area contributed by atoms with Crippen LogP contribution < -0.4 is 11.1 Å². The number of alkyl halides is 1. The molecule has 0 aromatic heterocycles. The highest BCUT2D eigenvalue weighted by atomic mass is 19.1. The van der Waals surface area contributed by atoms with Gasteiger partial charge in [0.25, 0.3) is 0 Å². The van der Waals surface area contributed by atoms with E-state index < -0.39 is 6.17 Å². The van der Waals surface area contributed by atoms with Gasteiger partial charge in [0.2, 0.25) is 0 Å². The standard InChI is InChI=1S/C24H44FN3O/c1-15-13-17(8-9-21(15)25)23-20(11-12-27-23)22-10-7-16(2)28(22)24(26)18-5-4-6-19(14-18)29-3/h15-24,27H,4-14,26H2,1-3H3. The molecule has 10 atom stereocenters. The average Bonchev–Trinajstić information content (AvgIpc) is 3.36. The molecule has 0 radical (unpaired) electrons. The highest BCUT2D eigenvalue weighted by molar-refractivity contribution is 5.02. The monoisotopic (exact) mass is 409 g/mol. The molecular formula is C24H44FN3O. The molecule has 3 N–H and O–H groups in total. The van der Waals surface area contributed by atoms with Crippen molar-refractivity contribution >= 4 is 0 Å². The van der Waals surface area contributed by atoms with E-state index in [1.54, 1.807) is 0 Å². The van der Waals surface area contributed by atoms with Crippen LogP contribution in [0.2, 0.25) is 0 Å². The van der Waals surface area contributed by atoms with Crippen molar-refractivity contribution in [2.45, 2.75) is 115 Å². The molecule has 2 aliphatic heterocycles. The van der Waals surface area contributed by atoms with Crippen LogP contribution in [0.25, 0.3) is 0 Å². The van der Waals surface area contributed by atoms with Gasteiger partial charge in [-0.1, -0.05) is 13.3 Å². The van der Waals surface area contributed by atoms with Crippen LogP contribution in [0, 0.1) is 23.7 Å². The lowest BCUT2D eigenvalue weighted by molar-refractivity contribution is -0.00115. The fraction of sp³-hybridized carbons (Fsp3) is 1.00. The minimum atomic E-state index is -0.595. The normalized spacial score (nSPS) is 48.1. The van der Waals surface area contributed by atoms with Gasteiger partial charge in [-0.3, -0.25) is 4.90 Å². The molecule has 0 bridgehead atoms. The first-order valence-electron chi connectivity index (χ1n) is 12.4. The van der Waals surface area contributed by atoms with Gasteiger partial charge in [0.05, 0.1) is 12.3 Å². The van der Waals surface area contributed by atoms with Crippen LogP contribution in [0.1, 0.15) is 78.1 Å². The second kappa shape index (κ2) is 9.50. The topological polar surface area (TPSA) is 50.5 Å². The maximum atomic E-state index is 14.1. The number of methoxy groups -OCH3 is 1. The number of nitrogens with one attached hydrogen (secondary N) is 1. The number of rotatable bonds is 5. The molecule has 4 nitrogen and oxygen atoms in total. The molecule has 5 heteroatoms. The SMILES string of the molecule is COC1CCCC(C(N)N2C(C)CCC2C2CCNC2C2CCC(F)C(C)C2)C1. The lowest BCUT2D eigenvalue weighted by Crippen LogP contribution is -2.57. The minimum Gasteiger partial charge on any atom is -0.381 e. The molecule has 2 aliphatic carbocycles. The molecule has 4 fully saturated rings. The van der Waals surface area contributed by atoms with Gasteiger partial charge in [0, 0.05) is 25.2 Å². The first kappa shape index (κ1) is 22.0. The van der Waals surface area contributed by atoms with E-state index in [1.807, 2.05) is 7.11 Å². The average molecular weight is 410 g/mol. The molecule has 2 saturated heterocycles. The van der Waals surface area contributed by atoms with Gasteiger partial charge in [-0.2, -0.15) is 0 Å². The summed E-state index contributed by atoms with van der Waals surface area (Å²) >= 11 is 0. The summed E-state index contributed by atoms with van der Waals surface area (Å²) in [7, 11) is 1.85. The summed E-state index contributed by atoms with van der Waals surface area (Å²) in [4.78, 5) is 2.71. The lowest BCUT2D eigenvalue weighted by atomic mass is 9.73. The van der Waals surface area contributed by atoms with E-state index in [1.165, 1.54) is 38.5 Å². The van der Waals surface area contributed by atoms with Crippen molar-refractivity contribution < 1.29 is 9.13 Å². The second-order valence-corrected chi connectivity index (χ2v) is 10.7. The van der Waals surface area contributed by atoms with Crippen LogP contribution >= 0.6 is 0 Å². The van der Waals surface area contributed by atoms with Gasteiger partial charge in [0.15, 0.2) is 0 Å². The zero-order valence-corrected chi connectivity index (χ0v) is 18.9. The summed E-state index contributed by atoms with van der Waals surface area (Å²) in [6.45, 7) is 5.60. The van der Waals surface area contributed by atoms with Gasteiger partial charge >= 0.3 is 0 Å². The third-order valence-corrected chi connectivity index (χ3v) is 9.03. The smallest absolute Gasteiger partial charge is 0.103 e. The van der Waals surface area contributed by atoms with Crippen molar-refractivity contribution in [3.05, 3.63) is 0 Å². The Morgan fingerprint density at radius 3 is 2.62 bits per heavy atom. The summed E-state index contributed by atoms with van der Waals surface area (Å²) in [6.07, 6.45) is 11.3. The fourth-order valence-corrected chi connectivity index (χ4v) is 7.36. The third-order valence-electron chi connectivity index (χ3n) is 9.03. The van der Waals surface area contributed by atoms with Crippen LogP contribution in [-0.4, -0.2) is 55.1 Å². The van der Waals surface area contributed by atoms with Crippen molar-refractivity contribution in [1.82, 2.24) is 10.2 Å². The maximum Gasteiger partial charge on any atom is 0.103 e. The van der Waals surface area contributed by atoms with Gasteiger partial charge in [0.1, 0.15) is 6.17 Å². The number of nitrogens with two attached hydrogens (primary N) is 1. The van der Waals surface area contributed by atoms with Crippen molar-refractivity contribution in [2.24, 2.45) is 29.4 Å². The Bertz CT molecular complexity index is 534. The van der Waals surface area contributed by atoms with E-state index in [0.29, 0.717) is 42.0 Å². The number of hydrogen-bond acceptors (Lipinski definition) is 4. The van der Waals surface area contributed by atoms with E-state index in [-0.39, 0.29) is 12.1 Å². The van der Waals surface area contributed by atoms with Crippen LogP contribution in [0.15, 0.2) is 0 Å².